The number of fused-ring (bicyclic) bond motifs is 1. The third kappa shape index (κ3) is 6.68. The average molecular weight is 593 g/mol. The number of ether oxygens (including phenoxy) is 1. The Labute approximate surface area is 258 Å². The van der Waals surface area contributed by atoms with Crippen molar-refractivity contribution in [2.45, 2.75) is 59.7 Å². The Balaban J connectivity index is 1.36. The van der Waals surface area contributed by atoms with Gasteiger partial charge in [0.25, 0.3) is 5.91 Å². The zero-order valence-electron chi connectivity index (χ0n) is 25.5. The van der Waals surface area contributed by atoms with Crippen molar-refractivity contribution in [1.29, 1.82) is 0 Å². The number of benzene rings is 4. The van der Waals surface area contributed by atoms with Gasteiger partial charge in [-0.2, -0.15) is 0 Å². The molecule has 0 saturated carbocycles. The number of carbonyl (C=O) groups excluding carboxylic acids is 2. The molecular formula is C37H37ClN2O3. The van der Waals surface area contributed by atoms with E-state index in [9.17, 15) is 9.59 Å². The Morgan fingerprint density at radius 2 is 1.58 bits per heavy atom. The molecule has 0 bridgehead atoms. The predicted octanol–water partition coefficient (Wildman–Crippen LogP) is 9.07. The Morgan fingerprint density at radius 1 is 0.907 bits per heavy atom. The van der Waals surface area contributed by atoms with E-state index >= 15 is 0 Å². The van der Waals surface area contributed by atoms with Crippen LogP contribution in [0.3, 0.4) is 0 Å². The van der Waals surface area contributed by atoms with Gasteiger partial charge in [0, 0.05) is 33.7 Å². The van der Waals surface area contributed by atoms with Gasteiger partial charge in [-0.3, -0.25) is 4.79 Å². The number of rotatable bonds is 7. The third-order valence-corrected chi connectivity index (χ3v) is 8.02. The number of aryl methyl sites for hydroxylation is 1. The summed E-state index contributed by atoms with van der Waals surface area (Å²) in [5.41, 5.74) is 7.93. The summed E-state index contributed by atoms with van der Waals surface area (Å²) in [6.45, 7) is 12.5. The maximum absolute atomic E-state index is 13.1. The molecule has 1 heterocycles. The number of halogens is 1. The number of nitrogens with zero attached hydrogens (tertiary/aromatic N) is 1. The molecule has 1 amide bonds. The summed E-state index contributed by atoms with van der Waals surface area (Å²) >= 11 is 6.02. The molecule has 5 rings (SSSR count). The molecule has 0 spiro atoms. The van der Waals surface area contributed by atoms with Gasteiger partial charge in [0.05, 0.1) is 11.6 Å². The van der Waals surface area contributed by atoms with Gasteiger partial charge >= 0.3 is 5.97 Å². The second-order valence-corrected chi connectivity index (χ2v) is 12.5. The molecule has 1 aromatic heterocycles. The second kappa shape index (κ2) is 12.1. The van der Waals surface area contributed by atoms with Crippen molar-refractivity contribution >= 4 is 34.4 Å². The minimum absolute atomic E-state index is 0.114. The fourth-order valence-corrected chi connectivity index (χ4v) is 5.45. The topological polar surface area (TPSA) is 60.3 Å². The average Bonchev–Trinajstić information content (AvgIpc) is 3.21. The lowest BCUT2D eigenvalue weighted by molar-refractivity contribution is 0.00703. The van der Waals surface area contributed by atoms with E-state index in [2.05, 4.69) is 48.0 Å². The summed E-state index contributed by atoms with van der Waals surface area (Å²) in [6.07, 6.45) is 0. The molecule has 0 fully saturated rings. The number of esters is 1. The van der Waals surface area contributed by atoms with Gasteiger partial charge in [-0.25, -0.2) is 4.79 Å². The number of nitrogens with one attached hydrogen (secondary N) is 1. The summed E-state index contributed by atoms with van der Waals surface area (Å²) in [7, 11) is 0. The van der Waals surface area contributed by atoms with Gasteiger partial charge in [0.15, 0.2) is 0 Å². The highest BCUT2D eigenvalue weighted by Crippen LogP contribution is 2.30. The molecular weight excluding hydrogens is 556 g/mol. The van der Waals surface area contributed by atoms with E-state index in [4.69, 9.17) is 16.3 Å². The van der Waals surface area contributed by atoms with E-state index in [1.54, 1.807) is 0 Å². The van der Waals surface area contributed by atoms with Crippen LogP contribution in [0.1, 0.15) is 76.8 Å². The van der Waals surface area contributed by atoms with Crippen LogP contribution in [0.2, 0.25) is 5.02 Å². The second-order valence-electron chi connectivity index (χ2n) is 12.0. The van der Waals surface area contributed by atoms with Gasteiger partial charge in [0.1, 0.15) is 5.60 Å². The van der Waals surface area contributed by atoms with Gasteiger partial charge in [0.2, 0.25) is 0 Å². The molecule has 6 heteroatoms. The van der Waals surface area contributed by atoms with Gasteiger partial charge in [-0.15, -0.1) is 0 Å². The standard InChI is InChI=1S/C37H37ClN2O3/c1-23-25(3)40(34-20-17-29(21-33(23)34)35(41)39-24(2)27-15-18-30(38)19-16-27)22-26-11-13-28(14-12-26)31-9-7-8-10-32(31)36(42)43-37(4,5)6/h7-21,24H,22H2,1-6H3,(H,39,41). The van der Waals surface area contributed by atoms with Gasteiger partial charge in [-0.05, 0) is 106 Å². The van der Waals surface area contributed by atoms with E-state index in [0.29, 0.717) is 22.7 Å². The summed E-state index contributed by atoms with van der Waals surface area (Å²) in [4.78, 5) is 26.0. The fraction of sp³-hybridized carbons (Fsp3) is 0.243. The Bertz CT molecular complexity index is 1800. The SMILES string of the molecule is Cc1c(C)n(Cc2ccc(-c3ccccc3C(=O)OC(C)(C)C)cc2)c2ccc(C(=O)NC(C)c3ccc(Cl)cc3)cc12. The van der Waals surface area contributed by atoms with Crippen LogP contribution in [0.15, 0.2) is 91.0 Å². The van der Waals surface area contributed by atoms with Crippen molar-refractivity contribution in [3.8, 4) is 11.1 Å². The van der Waals surface area contributed by atoms with Crippen LogP contribution in [0, 0.1) is 13.8 Å². The Kier molecular flexibility index (Phi) is 8.48. The molecule has 0 radical (unpaired) electrons. The van der Waals surface area contributed by atoms with Gasteiger partial charge < -0.3 is 14.6 Å². The van der Waals surface area contributed by atoms with Crippen LogP contribution in [0.5, 0.6) is 0 Å². The number of carbonyl (C=O) groups is 2. The maximum Gasteiger partial charge on any atom is 0.339 e. The van der Waals surface area contributed by atoms with Crippen molar-refractivity contribution in [2.24, 2.45) is 0 Å². The third-order valence-electron chi connectivity index (χ3n) is 7.77. The number of hydrogen-bond acceptors (Lipinski definition) is 3. The van der Waals surface area contributed by atoms with Crippen molar-refractivity contribution < 1.29 is 14.3 Å². The lowest BCUT2D eigenvalue weighted by atomic mass is 9.98. The molecule has 0 saturated heterocycles. The smallest absolute Gasteiger partial charge is 0.339 e. The molecule has 0 aliphatic rings. The summed E-state index contributed by atoms with van der Waals surface area (Å²) in [5, 5.41) is 4.83. The molecule has 5 nitrogen and oxygen atoms in total. The summed E-state index contributed by atoms with van der Waals surface area (Å²) in [5.74, 6) is -0.444. The van der Waals surface area contributed by atoms with Crippen LogP contribution >= 0.6 is 11.6 Å². The van der Waals surface area contributed by atoms with Crippen LogP contribution in [-0.4, -0.2) is 22.0 Å². The minimum atomic E-state index is -0.566. The van der Waals surface area contributed by atoms with E-state index in [1.807, 2.05) is 94.4 Å². The highest BCUT2D eigenvalue weighted by atomic mass is 35.5. The van der Waals surface area contributed by atoms with Crippen molar-refractivity contribution in [1.82, 2.24) is 9.88 Å². The summed E-state index contributed by atoms with van der Waals surface area (Å²) in [6, 6.07) is 29.1. The van der Waals surface area contributed by atoms with Crippen LogP contribution in [0.4, 0.5) is 0 Å². The first-order valence-electron chi connectivity index (χ1n) is 14.5. The molecule has 1 unspecified atom stereocenters. The normalized spacial score (nSPS) is 12.3. The number of amides is 1. The highest BCUT2D eigenvalue weighted by Gasteiger charge is 2.21. The van der Waals surface area contributed by atoms with E-state index in [-0.39, 0.29) is 17.9 Å². The molecule has 220 valence electrons. The minimum Gasteiger partial charge on any atom is -0.456 e. The first-order valence-corrected chi connectivity index (χ1v) is 14.9. The molecule has 0 aliphatic heterocycles. The van der Waals surface area contributed by atoms with Crippen molar-refractivity contribution in [2.75, 3.05) is 0 Å². The first kappa shape index (κ1) is 30.1. The molecule has 4 aromatic carbocycles. The molecule has 5 aromatic rings. The monoisotopic (exact) mass is 592 g/mol. The number of hydrogen-bond donors (Lipinski definition) is 1. The lowest BCUT2D eigenvalue weighted by Crippen LogP contribution is -2.26. The Hall–Kier alpha value is -4.35. The van der Waals surface area contributed by atoms with Crippen molar-refractivity contribution in [3.63, 3.8) is 0 Å². The van der Waals surface area contributed by atoms with E-state index in [1.165, 1.54) is 0 Å². The first-order chi connectivity index (χ1) is 20.4. The van der Waals surface area contributed by atoms with Crippen molar-refractivity contribution in [3.05, 3.63) is 130 Å². The molecule has 43 heavy (non-hydrogen) atoms. The fourth-order valence-electron chi connectivity index (χ4n) is 5.33. The lowest BCUT2D eigenvalue weighted by Gasteiger charge is -2.20. The van der Waals surface area contributed by atoms with Crippen LogP contribution < -0.4 is 5.32 Å². The zero-order chi connectivity index (χ0) is 30.9. The quantitative estimate of drug-likeness (QED) is 0.192. The highest BCUT2D eigenvalue weighted by molar-refractivity contribution is 6.30. The van der Waals surface area contributed by atoms with Gasteiger partial charge in [-0.1, -0.05) is 66.2 Å². The molecule has 1 N–H and O–H groups in total. The Morgan fingerprint density at radius 3 is 2.26 bits per heavy atom. The zero-order valence-corrected chi connectivity index (χ0v) is 26.3. The predicted molar refractivity (Wildman–Crippen MR) is 175 cm³/mol. The maximum atomic E-state index is 13.1. The largest absolute Gasteiger partial charge is 0.456 e. The van der Waals surface area contributed by atoms with E-state index in [0.717, 1.165) is 44.4 Å². The molecule has 1 atom stereocenters. The number of aromatic nitrogens is 1. The van der Waals surface area contributed by atoms with Crippen LogP contribution in [-0.2, 0) is 11.3 Å². The van der Waals surface area contributed by atoms with Crippen LogP contribution in [0.25, 0.3) is 22.0 Å². The summed E-state index contributed by atoms with van der Waals surface area (Å²) < 4.78 is 7.92. The molecule has 0 aliphatic carbocycles. The van der Waals surface area contributed by atoms with E-state index < -0.39 is 5.60 Å².